The van der Waals surface area contributed by atoms with Gasteiger partial charge in [0.25, 0.3) is 0 Å². The van der Waals surface area contributed by atoms with E-state index in [2.05, 4.69) is 0 Å². The van der Waals surface area contributed by atoms with Crippen molar-refractivity contribution in [1.82, 2.24) is 4.57 Å². The summed E-state index contributed by atoms with van der Waals surface area (Å²) >= 11 is 1.25. The lowest BCUT2D eigenvalue weighted by Gasteiger charge is -2.07. The Bertz CT molecular complexity index is 571. The Morgan fingerprint density at radius 3 is 2.88 bits per heavy atom. The standard InChI is InChI=1S/C11H14N2O2S/c1-7-3-4-8(15-2)9-10(7)16-11(14)13(9)6-5-12/h3-4H,5-6,12H2,1-2H3. The lowest BCUT2D eigenvalue weighted by Crippen LogP contribution is -2.18. The zero-order chi connectivity index (χ0) is 11.7. The molecule has 1 heterocycles. The molecule has 0 aliphatic carbocycles. The summed E-state index contributed by atoms with van der Waals surface area (Å²) in [5.41, 5.74) is 7.47. The van der Waals surface area contributed by atoms with E-state index < -0.39 is 0 Å². The Morgan fingerprint density at radius 2 is 2.25 bits per heavy atom. The van der Waals surface area contributed by atoms with E-state index in [1.54, 1.807) is 11.7 Å². The maximum Gasteiger partial charge on any atom is 0.308 e. The van der Waals surface area contributed by atoms with Gasteiger partial charge in [-0.15, -0.1) is 0 Å². The summed E-state index contributed by atoms with van der Waals surface area (Å²) in [7, 11) is 1.61. The number of thiazole rings is 1. The topological polar surface area (TPSA) is 57.2 Å². The van der Waals surface area contributed by atoms with Crippen LogP contribution in [-0.4, -0.2) is 18.2 Å². The van der Waals surface area contributed by atoms with Crippen molar-refractivity contribution < 1.29 is 4.74 Å². The molecule has 0 spiro atoms. The average molecular weight is 238 g/mol. The molecule has 2 rings (SSSR count). The van der Waals surface area contributed by atoms with Crippen molar-refractivity contribution >= 4 is 21.6 Å². The number of benzene rings is 1. The zero-order valence-corrected chi connectivity index (χ0v) is 10.1. The van der Waals surface area contributed by atoms with Crippen LogP contribution >= 0.6 is 11.3 Å². The number of ether oxygens (including phenoxy) is 1. The smallest absolute Gasteiger partial charge is 0.308 e. The van der Waals surface area contributed by atoms with Gasteiger partial charge in [-0.05, 0) is 18.6 Å². The van der Waals surface area contributed by atoms with E-state index in [0.717, 1.165) is 21.5 Å². The molecule has 16 heavy (non-hydrogen) atoms. The Labute approximate surface area is 97.3 Å². The van der Waals surface area contributed by atoms with E-state index in [-0.39, 0.29) is 4.87 Å². The van der Waals surface area contributed by atoms with Gasteiger partial charge in [-0.25, -0.2) is 0 Å². The van der Waals surface area contributed by atoms with Gasteiger partial charge in [0.15, 0.2) is 0 Å². The van der Waals surface area contributed by atoms with Crippen LogP contribution in [0.15, 0.2) is 16.9 Å². The van der Waals surface area contributed by atoms with Crippen LogP contribution in [0.2, 0.25) is 0 Å². The minimum Gasteiger partial charge on any atom is -0.495 e. The van der Waals surface area contributed by atoms with Crippen molar-refractivity contribution in [3.8, 4) is 5.75 Å². The van der Waals surface area contributed by atoms with Gasteiger partial charge in [-0.1, -0.05) is 17.4 Å². The van der Waals surface area contributed by atoms with Gasteiger partial charge in [-0.2, -0.15) is 0 Å². The number of hydrogen-bond donors (Lipinski definition) is 1. The molecule has 2 N–H and O–H groups in total. The average Bonchev–Trinajstić information content (AvgIpc) is 2.59. The maximum absolute atomic E-state index is 11.8. The molecule has 86 valence electrons. The molecule has 0 amide bonds. The van der Waals surface area contributed by atoms with E-state index in [9.17, 15) is 4.79 Å². The summed E-state index contributed by atoms with van der Waals surface area (Å²) in [4.78, 5) is 11.8. The highest BCUT2D eigenvalue weighted by molar-refractivity contribution is 7.16. The van der Waals surface area contributed by atoms with Gasteiger partial charge in [0.2, 0.25) is 0 Å². The van der Waals surface area contributed by atoms with Crippen LogP contribution in [0, 0.1) is 6.92 Å². The number of hydrogen-bond acceptors (Lipinski definition) is 4. The third-order valence-electron chi connectivity index (χ3n) is 2.54. The fourth-order valence-electron chi connectivity index (χ4n) is 1.77. The van der Waals surface area contributed by atoms with Gasteiger partial charge in [0.05, 0.1) is 11.8 Å². The van der Waals surface area contributed by atoms with Gasteiger partial charge >= 0.3 is 4.87 Å². The molecule has 0 fully saturated rings. The number of nitrogens with zero attached hydrogens (tertiary/aromatic N) is 1. The Morgan fingerprint density at radius 1 is 1.50 bits per heavy atom. The van der Waals surface area contributed by atoms with E-state index >= 15 is 0 Å². The second-order valence-electron chi connectivity index (χ2n) is 3.57. The highest BCUT2D eigenvalue weighted by Gasteiger charge is 2.13. The molecule has 1 aromatic heterocycles. The Balaban J connectivity index is 2.83. The maximum atomic E-state index is 11.8. The molecule has 4 nitrogen and oxygen atoms in total. The van der Waals surface area contributed by atoms with Crippen molar-refractivity contribution in [1.29, 1.82) is 0 Å². The van der Waals surface area contributed by atoms with E-state index in [1.165, 1.54) is 11.3 Å². The zero-order valence-electron chi connectivity index (χ0n) is 9.32. The van der Waals surface area contributed by atoms with Crippen molar-refractivity contribution in [2.75, 3.05) is 13.7 Å². The fraction of sp³-hybridized carbons (Fsp3) is 0.364. The second-order valence-corrected chi connectivity index (χ2v) is 4.53. The van der Waals surface area contributed by atoms with Crippen molar-refractivity contribution in [3.05, 3.63) is 27.4 Å². The molecular formula is C11H14N2O2S. The highest BCUT2D eigenvalue weighted by Crippen LogP contribution is 2.29. The van der Waals surface area contributed by atoms with E-state index in [4.69, 9.17) is 10.5 Å². The monoisotopic (exact) mass is 238 g/mol. The van der Waals surface area contributed by atoms with Crippen molar-refractivity contribution in [2.24, 2.45) is 5.73 Å². The van der Waals surface area contributed by atoms with Crippen LogP contribution in [0.3, 0.4) is 0 Å². The highest BCUT2D eigenvalue weighted by atomic mass is 32.1. The van der Waals surface area contributed by atoms with Gasteiger partial charge in [0.1, 0.15) is 11.3 Å². The predicted octanol–water partition coefficient (Wildman–Crippen LogP) is 1.34. The summed E-state index contributed by atoms with van der Waals surface area (Å²) in [5.74, 6) is 0.729. The largest absolute Gasteiger partial charge is 0.495 e. The summed E-state index contributed by atoms with van der Waals surface area (Å²) in [5, 5.41) is 0. The molecule has 0 aliphatic rings. The number of aryl methyl sites for hydroxylation is 1. The molecule has 1 aromatic carbocycles. The molecule has 0 aliphatic heterocycles. The number of nitrogens with two attached hydrogens (primary N) is 1. The quantitative estimate of drug-likeness (QED) is 0.878. The van der Waals surface area contributed by atoms with Crippen LogP contribution in [0.5, 0.6) is 5.75 Å². The summed E-state index contributed by atoms with van der Waals surface area (Å²) < 4.78 is 7.96. The van der Waals surface area contributed by atoms with Crippen LogP contribution < -0.4 is 15.3 Å². The molecule has 2 aromatic rings. The normalized spacial score (nSPS) is 10.9. The molecule has 5 heteroatoms. The van der Waals surface area contributed by atoms with Gasteiger partial charge in [-0.3, -0.25) is 9.36 Å². The van der Waals surface area contributed by atoms with Crippen LogP contribution in [0.1, 0.15) is 5.56 Å². The van der Waals surface area contributed by atoms with E-state index in [0.29, 0.717) is 13.1 Å². The van der Waals surface area contributed by atoms with Crippen LogP contribution in [-0.2, 0) is 6.54 Å². The first kappa shape index (κ1) is 11.2. The molecular weight excluding hydrogens is 224 g/mol. The lowest BCUT2D eigenvalue weighted by atomic mass is 10.2. The van der Waals surface area contributed by atoms with Crippen molar-refractivity contribution in [2.45, 2.75) is 13.5 Å². The number of methoxy groups -OCH3 is 1. The first-order valence-corrected chi connectivity index (χ1v) is 5.87. The summed E-state index contributed by atoms with van der Waals surface area (Å²) in [6.45, 7) is 2.96. The SMILES string of the molecule is COc1ccc(C)c2sc(=O)n(CCN)c12. The summed E-state index contributed by atoms with van der Waals surface area (Å²) in [6.07, 6.45) is 0. The number of aromatic nitrogens is 1. The van der Waals surface area contributed by atoms with Crippen molar-refractivity contribution in [3.63, 3.8) is 0 Å². The molecule has 0 atom stereocenters. The second kappa shape index (κ2) is 4.27. The first-order chi connectivity index (χ1) is 7.69. The summed E-state index contributed by atoms with van der Waals surface area (Å²) in [6, 6.07) is 3.85. The first-order valence-electron chi connectivity index (χ1n) is 5.06. The fourth-order valence-corrected chi connectivity index (χ4v) is 2.77. The van der Waals surface area contributed by atoms with Gasteiger partial charge < -0.3 is 10.5 Å². The molecule has 0 unspecified atom stereocenters. The van der Waals surface area contributed by atoms with Gasteiger partial charge in [0, 0.05) is 13.1 Å². The molecule has 0 radical (unpaired) electrons. The number of rotatable bonds is 3. The molecule has 0 saturated carbocycles. The van der Waals surface area contributed by atoms with Crippen LogP contribution in [0.4, 0.5) is 0 Å². The molecule has 0 saturated heterocycles. The molecule has 0 bridgehead atoms. The van der Waals surface area contributed by atoms with Crippen LogP contribution in [0.25, 0.3) is 10.2 Å². The third-order valence-corrected chi connectivity index (χ3v) is 3.66. The minimum atomic E-state index is 0.0213. The Hall–Kier alpha value is -1.33. The van der Waals surface area contributed by atoms with E-state index in [1.807, 2.05) is 19.1 Å². The Kier molecular flexibility index (Phi) is 2.98. The lowest BCUT2D eigenvalue weighted by molar-refractivity contribution is 0.417. The minimum absolute atomic E-state index is 0.0213. The number of fused-ring (bicyclic) bond motifs is 1. The third kappa shape index (κ3) is 1.62. The predicted molar refractivity (Wildman–Crippen MR) is 66.4 cm³/mol.